The van der Waals surface area contributed by atoms with Gasteiger partial charge in [0, 0.05) is 25.0 Å². The Hall–Kier alpha value is -2.88. The number of alkyl halides is 1. The maximum Gasteiger partial charge on any atom is 0.259 e. The summed E-state index contributed by atoms with van der Waals surface area (Å²) in [5, 5.41) is 5.42. The second-order valence-corrected chi connectivity index (χ2v) is 8.68. The summed E-state index contributed by atoms with van der Waals surface area (Å²) in [6, 6.07) is 10.8. The highest BCUT2D eigenvalue weighted by Gasteiger charge is 2.29. The maximum atomic E-state index is 11.8. The normalized spacial score (nSPS) is 17.1. The summed E-state index contributed by atoms with van der Waals surface area (Å²) < 4.78 is 5.31. The fourth-order valence-corrected chi connectivity index (χ4v) is 4.63. The van der Waals surface area contributed by atoms with E-state index in [-0.39, 0.29) is 23.6 Å². The van der Waals surface area contributed by atoms with Crippen LogP contribution in [0.5, 0.6) is 0 Å². The number of morpholine rings is 1. The smallest absolute Gasteiger partial charge is 0.259 e. The molecular weight excluding hydrogens is 490 g/mol. The van der Waals surface area contributed by atoms with Crippen molar-refractivity contribution >= 4 is 39.6 Å². The van der Waals surface area contributed by atoms with Crippen molar-refractivity contribution in [3.63, 3.8) is 0 Å². The molecule has 4 amide bonds. The number of carbonyl (C=O) groups is 4. The second kappa shape index (κ2) is 10.4. The van der Waals surface area contributed by atoms with Crippen LogP contribution in [0.3, 0.4) is 0 Å². The lowest BCUT2D eigenvalue weighted by atomic mass is 10.00. The predicted molar refractivity (Wildman–Crippen MR) is 125 cm³/mol. The molecule has 0 unspecified atom stereocenters. The number of halogens is 1. The molecule has 1 fully saturated rings. The maximum absolute atomic E-state index is 11.8. The molecule has 0 spiro atoms. The summed E-state index contributed by atoms with van der Waals surface area (Å²) in [6.45, 7) is 4.29. The summed E-state index contributed by atoms with van der Waals surface area (Å²) in [7, 11) is 0. The van der Waals surface area contributed by atoms with Crippen molar-refractivity contribution in [1.29, 1.82) is 0 Å². The highest BCUT2D eigenvalue weighted by atomic mass is 79.9. The van der Waals surface area contributed by atoms with Gasteiger partial charge in [-0.25, -0.2) is 0 Å². The Morgan fingerprint density at radius 1 is 0.758 bits per heavy atom. The molecule has 0 bridgehead atoms. The molecule has 0 aliphatic carbocycles. The Bertz CT molecular complexity index is 1110. The quantitative estimate of drug-likeness (QED) is 0.467. The van der Waals surface area contributed by atoms with Crippen LogP contribution >= 0.6 is 15.9 Å². The molecular formula is C24H24BrN3O5. The zero-order valence-corrected chi connectivity index (χ0v) is 19.6. The molecule has 2 aromatic carbocycles. The molecule has 0 radical (unpaired) electrons. The van der Waals surface area contributed by atoms with Crippen LogP contribution < -0.4 is 10.6 Å². The number of rotatable bonds is 5. The predicted octanol–water partition coefficient (Wildman–Crippen LogP) is 1.95. The van der Waals surface area contributed by atoms with E-state index in [1.165, 1.54) is 0 Å². The van der Waals surface area contributed by atoms with E-state index in [1.807, 2.05) is 18.2 Å². The first-order valence-corrected chi connectivity index (χ1v) is 11.9. The molecule has 2 aromatic rings. The van der Waals surface area contributed by atoms with Gasteiger partial charge in [0.15, 0.2) is 0 Å². The van der Waals surface area contributed by atoms with Crippen molar-refractivity contribution < 1.29 is 23.9 Å². The zero-order valence-electron chi connectivity index (χ0n) is 18.0. The third kappa shape index (κ3) is 5.05. The third-order valence-corrected chi connectivity index (χ3v) is 6.26. The number of fused-ring (bicyclic) bond motifs is 2. The van der Waals surface area contributed by atoms with Crippen LogP contribution in [0.25, 0.3) is 0 Å². The highest BCUT2D eigenvalue weighted by molar-refractivity contribution is 9.09. The molecule has 0 aromatic heterocycles. The first-order chi connectivity index (χ1) is 16.0. The van der Waals surface area contributed by atoms with Crippen molar-refractivity contribution in [2.45, 2.75) is 12.8 Å². The number of nitrogens with zero attached hydrogens (tertiary/aromatic N) is 1. The molecule has 3 heterocycles. The molecule has 5 rings (SSSR count). The summed E-state index contributed by atoms with van der Waals surface area (Å²) in [4.78, 5) is 48.4. The molecule has 0 saturated carbocycles. The first kappa shape index (κ1) is 23.3. The van der Waals surface area contributed by atoms with E-state index in [2.05, 4.69) is 31.5 Å². The lowest BCUT2D eigenvalue weighted by molar-refractivity contribution is 0.0384. The van der Waals surface area contributed by atoms with Crippen molar-refractivity contribution in [2.75, 3.05) is 38.2 Å². The lowest BCUT2D eigenvalue weighted by Gasteiger charge is -2.26. The average Bonchev–Trinajstić information content (AvgIpc) is 3.29. The minimum atomic E-state index is -0.290. The lowest BCUT2D eigenvalue weighted by Crippen LogP contribution is -2.37. The largest absolute Gasteiger partial charge is 0.379 e. The van der Waals surface area contributed by atoms with Crippen LogP contribution in [-0.2, 0) is 17.6 Å². The molecule has 172 valence electrons. The Morgan fingerprint density at radius 3 is 1.79 bits per heavy atom. The molecule has 1 saturated heterocycles. The van der Waals surface area contributed by atoms with E-state index in [1.54, 1.807) is 18.2 Å². The number of hydrogen-bond donors (Lipinski definition) is 2. The molecule has 8 nitrogen and oxygen atoms in total. The summed E-state index contributed by atoms with van der Waals surface area (Å²) in [5.74, 6) is -1.12. The third-order valence-electron chi connectivity index (χ3n) is 5.86. The van der Waals surface area contributed by atoms with Crippen molar-refractivity contribution in [1.82, 2.24) is 15.5 Å². The van der Waals surface area contributed by atoms with Gasteiger partial charge in [-0.15, -0.1) is 0 Å². The molecule has 9 heteroatoms. The standard InChI is InChI=1S/C14H16N2O3.C10H8BrNO2/c17-13-11-3-1-2-10(12(11)14(18)15-13)4-5-16-6-8-19-9-7-16;11-5-4-6-2-1-3-7-8(6)10(14)12-9(7)13/h1-3H,4-9H2,(H,15,17,18);1-3H,4-5H2,(H,12,13,14). The van der Waals surface area contributed by atoms with E-state index in [0.717, 1.165) is 62.1 Å². The fourth-order valence-electron chi connectivity index (χ4n) is 4.20. The van der Waals surface area contributed by atoms with Crippen LogP contribution in [0, 0.1) is 0 Å². The number of hydrogen-bond acceptors (Lipinski definition) is 6. The molecule has 3 aliphatic rings. The van der Waals surface area contributed by atoms with Crippen molar-refractivity contribution in [2.24, 2.45) is 0 Å². The number of imide groups is 2. The Morgan fingerprint density at radius 2 is 1.27 bits per heavy atom. The topological polar surface area (TPSA) is 105 Å². The van der Waals surface area contributed by atoms with E-state index in [0.29, 0.717) is 22.3 Å². The Labute approximate surface area is 199 Å². The van der Waals surface area contributed by atoms with Gasteiger partial charge >= 0.3 is 0 Å². The fraction of sp³-hybridized carbons (Fsp3) is 0.333. The zero-order chi connectivity index (χ0) is 23.4. The van der Waals surface area contributed by atoms with Gasteiger partial charge in [-0.3, -0.25) is 34.7 Å². The van der Waals surface area contributed by atoms with Crippen LogP contribution in [0.4, 0.5) is 0 Å². The van der Waals surface area contributed by atoms with Gasteiger partial charge < -0.3 is 4.74 Å². The van der Waals surface area contributed by atoms with Crippen molar-refractivity contribution in [3.05, 3.63) is 69.8 Å². The first-order valence-electron chi connectivity index (χ1n) is 10.8. The number of nitrogens with one attached hydrogen (secondary N) is 2. The highest BCUT2D eigenvalue weighted by Crippen LogP contribution is 2.21. The van der Waals surface area contributed by atoms with E-state index >= 15 is 0 Å². The number of ether oxygens (including phenoxy) is 1. The van der Waals surface area contributed by atoms with E-state index in [9.17, 15) is 19.2 Å². The molecule has 2 N–H and O–H groups in total. The SMILES string of the molecule is O=C1NC(=O)c2c(CCBr)cccc21.O=C1NC(=O)c2c(CCN3CCOCC3)cccc21. The summed E-state index contributed by atoms with van der Waals surface area (Å²) >= 11 is 3.31. The van der Waals surface area contributed by atoms with Gasteiger partial charge in [-0.2, -0.15) is 0 Å². The van der Waals surface area contributed by atoms with Crippen LogP contribution in [-0.4, -0.2) is 66.7 Å². The minimum Gasteiger partial charge on any atom is -0.379 e. The average molecular weight is 514 g/mol. The number of carbonyl (C=O) groups excluding carboxylic acids is 4. The van der Waals surface area contributed by atoms with Gasteiger partial charge in [0.1, 0.15) is 0 Å². The minimum absolute atomic E-state index is 0.266. The van der Waals surface area contributed by atoms with Crippen LogP contribution in [0.2, 0.25) is 0 Å². The van der Waals surface area contributed by atoms with Crippen LogP contribution in [0.1, 0.15) is 52.6 Å². The van der Waals surface area contributed by atoms with Gasteiger partial charge in [0.25, 0.3) is 23.6 Å². The summed E-state index contributed by atoms with van der Waals surface area (Å²) in [5.41, 5.74) is 3.96. The second-order valence-electron chi connectivity index (χ2n) is 7.89. The summed E-state index contributed by atoms with van der Waals surface area (Å²) in [6.07, 6.45) is 1.54. The number of aryl methyl sites for hydroxylation is 1. The molecule has 0 atom stereocenters. The van der Waals surface area contributed by atoms with Gasteiger partial charge in [-0.05, 0) is 36.1 Å². The van der Waals surface area contributed by atoms with Crippen molar-refractivity contribution in [3.8, 4) is 0 Å². The molecule has 3 aliphatic heterocycles. The number of amides is 4. The monoisotopic (exact) mass is 513 g/mol. The Kier molecular flexibility index (Phi) is 7.32. The van der Waals surface area contributed by atoms with Gasteiger partial charge in [0.05, 0.1) is 35.5 Å². The van der Waals surface area contributed by atoms with Gasteiger partial charge in [-0.1, -0.05) is 40.2 Å². The Balaban J connectivity index is 0.000000165. The number of benzene rings is 2. The molecule has 33 heavy (non-hydrogen) atoms. The van der Waals surface area contributed by atoms with Gasteiger partial charge in [0.2, 0.25) is 0 Å². The van der Waals surface area contributed by atoms with Crippen LogP contribution in [0.15, 0.2) is 36.4 Å². The van der Waals surface area contributed by atoms with E-state index < -0.39 is 0 Å². The van der Waals surface area contributed by atoms with E-state index in [4.69, 9.17) is 4.74 Å².